The van der Waals surface area contributed by atoms with E-state index in [9.17, 15) is 23.2 Å². The molecule has 0 fully saturated rings. The molecule has 178 valence electrons. The Morgan fingerprint density at radius 2 is 1.83 bits per heavy atom. The molecule has 2 aromatic heterocycles. The lowest BCUT2D eigenvalue weighted by molar-refractivity contribution is 0.0592. The Morgan fingerprint density at radius 1 is 1.06 bits per heavy atom. The van der Waals surface area contributed by atoms with Crippen LogP contribution in [-0.4, -0.2) is 34.2 Å². The van der Waals surface area contributed by atoms with Crippen LogP contribution in [0.5, 0.6) is 0 Å². The van der Waals surface area contributed by atoms with Crippen molar-refractivity contribution in [2.24, 2.45) is 0 Å². The third-order valence-corrected chi connectivity index (χ3v) is 5.66. The third-order valence-electron chi connectivity index (χ3n) is 5.29. The maximum atomic E-state index is 13.5. The molecule has 0 spiro atoms. The van der Waals surface area contributed by atoms with Gasteiger partial charge in [0.1, 0.15) is 17.0 Å². The second-order valence-corrected chi connectivity index (χ2v) is 7.97. The summed E-state index contributed by atoms with van der Waals surface area (Å²) in [7, 11) is 1.18. The zero-order valence-electron chi connectivity index (χ0n) is 18.3. The molecule has 2 heterocycles. The first-order chi connectivity index (χ1) is 16.8. The molecule has 0 radical (unpaired) electrons. The number of fused-ring (bicyclic) bond motifs is 1. The monoisotopic (exact) mass is 497 g/mol. The zero-order valence-corrected chi connectivity index (χ0v) is 19.1. The highest BCUT2D eigenvalue weighted by Gasteiger charge is 2.22. The first-order valence-corrected chi connectivity index (χ1v) is 10.8. The van der Waals surface area contributed by atoms with Gasteiger partial charge in [0.15, 0.2) is 17.4 Å². The summed E-state index contributed by atoms with van der Waals surface area (Å²) in [6, 6.07) is 12.9. The molecule has 4 aromatic rings. The molecule has 1 N–H and O–H groups in total. The SMILES string of the molecule is COC(=O)c1cc(C(=O)NCc2ccc(F)c(F)c2)nc2c(C(=O)Cc3ccccc3Cl)ccn12. The third kappa shape index (κ3) is 5.04. The Bertz CT molecular complexity index is 1470. The lowest BCUT2D eigenvalue weighted by atomic mass is 10.0. The zero-order chi connectivity index (χ0) is 25.1. The number of esters is 1. The number of benzene rings is 2. The summed E-state index contributed by atoms with van der Waals surface area (Å²) < 4.78 is 32.8. The van der Waals surface area contributed by atoms with E-state index in [1.165, 1.54) is 35.9 Å². The van der Waals surface area contributed by atoms with Gasteiger partial charge < -0.3 is 10.1 Å². The average molecular weight is 498 g/mol. The van der Waals surface area contributed by atoms with Gasteiger partial charge in [-0.15, -0.1) is 0 Å². The van der Waals surface area contributed by atoms with Crippen LogP contribution >= 0.6 is 11.6 Å². The predicted octanol–water partition coefficient (Wildman–Crippen LogP) is 4.41. The van der Waals surface area contributed by atoms with Crippen LogP contribution < -0.4 is 5.32 Å². The first-order valence-electron chi connectivity index (χ1n) is 10.4. The van der Waals surface area contributed by atoms with Gasteiger partial charge in [-0.3, -0.25) is 14.0 Å². The highest BCUT2D eigenvalue weighted by atomic mass is 35.5. The fourth-order valence-electron chi connectivity index (χ4n) is 3.51. The van der Waals surface area contributed by atoms with Gasteiger partial charge in [0.25, 0.3) is 5.91 Å². The number of carbonyl (C=O) groups is 3. The van der Waals surface area contributed by atoms with Crippen molar-refractivity contribution in [3.63, 3.8) is 0 Å². The van der Waals surface area contributed by atoms with Crippen molar-refractivity contribution in [1.82, 2.24) is 14.7 Å². The van der Waals surface area contributed by atoms with Gasteiger partial charge in [-0.1, -0.05) is 35.9 Å². The minimum Gasteiger partial charge on any atom is -0.464 e. The fraction of sp³-hybridized carbons (Fsp3) is 0.120. The Kier molecular flexibility index (Phi) is 6.88. The van der Waals surface area contributed by atoms with Gasteiger partial charge in [-0.25, -0.2) is 18.6 Å². The van der Waals surface area contributed by atoms with Crippen LogP contribution in [0, 0.1) is 11.6 Å². The topological polar surface area (TPSA) is 89.8 Å². The first kappa shape index (κ1) is 24.0. The van der Waals surface area contributed by atoms with Gasteiger partial charge in [-0.2, -0.15) is 0 Å². The number of Topliss-reactive ketones (excluding diaryl/α,β-unsaturated/α-hetero) is 1. The number of amides is 1. The lowest BCUT2D eigenvalue weighted by Crippen LogP contribution is -2.25. The van der Waals surface area contributed by atoms with Gasteiger partial charge in [0.05, 0.1) is 12.7 Å². The summed E-state index contributed by atoms with van der Waals surface area (Å²) in [6.45, 7) is -0.115. The van der Waals surface area contributed by atoms with Gasteiger partial charge in [0, 0.05) is 30.3 Å². The molecule has 10 heteroatoms. The molecule has 2 aromatic carbocycles. The second kappa shape index (κ2) is 10.0. The molecule has 0 unspecified atom stereocenters. The van der Waals surface area contributed by atoms with Gasteiger partial charge >= 0.3 is 5.97 Å². The van der Waals surface area contributed by atoms with Crippen molar-refractivity contribution >= 4 is 34.9 Å². The van der Waals surface area contributed by atoms with E-state index in [-0.39, 0.29) is 41.3 Å². The van der Waals surface area contributed by atoms with Gasteiger partial charge in [-0.05, 0) is 35.4 Å². The van der Waals surface area contributed by atoms with E-state index in [1.807, 2.05) is 0 Å². The number of ether oxygens (including phenoxy) is 1. The van der Waals surface area contributed by atoms with Crippen LogP contribution in [0.1, 0.15) is 42.5 Å². The molecule has 0 aliphatic rings. The van der Waals surface area contributed by atoms with Gasteiger partial charge in [0.2, 0.25) is 0 Å². The number of rotatable bonds is 7. The normalized spacial score (nSPS) is 10.9. The molecule has 1 amide bonds. The van der Waals surface area contributed by atoms with E-state index in [4.69, 9.17) is 16.3 Å². The Balaban J connectivity index is 1.67. The maximum Gasteiger partial charge on any atom is 0.355 e. The molecule has 0 aliphatic carbocycles. The standard InChI is InChI=1S/C25H18ClF2N3O4/c1-35-25(34)21-12-20(24(33)29-13-14-6-7-18(27)19(28)10-14)30-23-16(8-9-31(21)23)22(32)11-15-4-2-3-5-17(15)26/h2-10,12H,11,13H2,1H3,(H,29,33). The molecular formula is C25H18ClF2N3O4. The summed E-state index contributed by atoms with van der Waals surface area (Å²) in [6.07, 6.45) is 1.47. The number of halogens is 3. The summed E-state index contributed by atoms with van der Waals surface area (Å²) in [5.41, 5.74) is 1.03. The van der Waals surface area contributed by atoms with E-state index in [2.05, 4.69) is 10.3 Å². The molecule has 0 aliphatic heterocycles. The number of ketones is 1. The molecule has 0 saturated carbocycles. The molecule has 0 saturated heterocycles. The minimum absolute atomic E-state index is 0.0128. The Hall–Kier alpha value is -4.11. The Morgan fingerprint density at radius 3 is 2.54 bits per heavy atom. The summed E-state index contributed by atoms with van der Waals surface area (Å²) in [5, 5.41) is 2.98. The average Bonchev–Trinajstić information content (AvgIpc) is 3.29. The van der Waals surface area contributed by atoms with Crippen molar-refractivity contribution in [2.75, 3.05) is 7.11 Å². The van der Waals surface area contributed by atoms with Crippen molar-refractivity contribution in [3.8, 4) is 0 Å². The van der Waals surface area contributed by atoms with Crippen LogP contribution in [0.25, 0.3) is 5.65 Å². The largest absolute Gasteiger partial charge is 0.464 e. The van der Waals surface area contributed by atoms with Crippen LogP contribution in [0.15, 0.2) is 60.8 Å². The molecular weight excluding hydrogens is 480 g/mol. The van der Waals surface area contributed by atoms with Crippen molar-refractivity contribution in [3.05, 3.63) is 106 Å². The van der Waals surface area contributed by atoms with E-state index in [1.54, 1.807) is 24.3 Å². The Labute approximate surface area is 203 Å². The highest BCUT2D eigenvalue weighted by Crippen LogP contribution is 2.21. The smallest absolute Gasteiger partial charge is 0.355 e. The number of hydrogen-bond donors (Lipinski definition) is 1. The molecule has 0 bridgehead atoms. The van der Waals surface area contributed by atoms with Crippen LogP contribution in [0.2, 0.25) is 5.02 Å². The van der Waals surface area contributed by atoms with E-state index < -0.39 is 23.5 Å². The quantitative estimate of drug-likeness (QED) is 0.302. The summed E-state index contributed by atoms with van der Waals surface area (Å²) in [5.74, 6) is -3.79. The van der Waals surface area contributed by atoms with E-state index in [0.29, 0.717) is 16.1 Å². The van der Waals surface area contributed by atoms with Crippen LogP contribution in [0.4, 0.5) is 8.78 Å². The fourth-order valence-corrected chi connectivity index (χ4v) is 3.71. The minimum atomic E-state index is -1.04. The van der Waals surface area contributed by atoms with Crippen molar-refractivity contribution in [2.45, 2.75) is 13.0 Å². The number of nitrogens with one attached hydrogen (secondary N) is 1. The number of methoxy groups -OCH3 is 1. The summed E-state index contributed by atoms with van der Waals surface area (Å²) >= 11 is 6.17. The number of aromatic nitrogens is 2. The van der Waals surface area contributed by atoms with E-state index >= 15 is 0 Å². The predicted molar refractivity (Wildman–Crippen MR) is 124 cm³/mol. The molecule has 35 heavy (non-hydrogen) atoms. The number of nitrogens with zero attached hydrogens (tertiary/aromatic N) is 2. The molecule has 0 atom stereocenters. The van der Waals surface area contributed by atoms with E-state index in [0.717, 1.165) is 12.1 Å². The summed E-state index contributed by atoms with van der Waals surface area (Å²) in [4.78, 5) is 42.5. The molecule has 4 rings (SSSR count). The van der Waals surface area contributed by atoms with Crippen LogP contribution in [0.3, 0.4) is 0 Å². The maximum absolute atomic E-state index is 13.5. The molecule has 7 nitrogen and oxygen atoms in total. The van der Waals surface area contributed by atoms with Crippen LogP contribution in [-0.2, 0) is 17.7 Å². The van der Waals surface area contributed by atoms with Crippen molar-refractivity contribution in [1.29, 1.82) is 0 Å². The number of hydrogen-bond acceptors (Lipinski definition) is 5. The second-order valence-electron chi connectivity index (χ2n) is 7.56. The van der Waals surface area contributed by atoms with Crippen molar-refractivity contribution < 1.29 is 27.9 Å². The number of carbonyl (C=O) groups excluding carboxylic acids is 3. The lowest BCUT2D eigenvalue weighted by Gasteiger charge is -2.10. The highest BCUT2D eigenvalue weighted by molar-refractivity contribution is 6.31.